The van der Waals surface area contributed by atoms with E-state index in [1.807, 2.05) is 36.1 Å². The number of nitrogens with zero attached hydrogens (tertiary/aromatic N) is 1. The monoisotopic (exact) mass is 294 g/mol. The van der Waals surface area contributed by atoms with E-state index >= 15 is 0 Å². The van der Waals surface area contributed by atoms with Crippen molar-refractivity contribution in [2.75, 3.05) is 13.1 Å². The molecule has 0 aromatic heterocycles. The highest BCUT2D eigenvalue weighted by Gasteiger charge is 2.28. The van der Waals surface area contributed by atoms with E-state index in [9.17, 15) is 4.79 Å². The number of rotatable bonds is 3. The predicted molar refractivity (Wildman–Crippen MR) is 82.6 cm³/mol. The molecule has 3 nitrogen and oxygen atoms in total. The molecule has 1 saturated heterocycles. The van der Waals surface area contributed by atoms with Crippen molar-refractivity contribution in [3.05, 3.63) is 34.9 Å². The fourth-order valence-electron chi connectivity index (χ4n) is 2.79. The molecular formula is C16H23ClN2O. The van der Waals surface area contributed by atoms with Crippen LogP contribution in [0.25, 0.3) is 0 Å². The molecule has 1 heterocycles. The molecule has 1 aliphatic heterocycles. The lowest BCUT2D eigenvalue weighted by Gasteiger charge is -2.32. The van der Waals surface area contributed by atoms with Gasteiger partial charge in [-0.2, -0.15) is 0 Å². The Morgan fingerprint density at radius 1 is 1.35 bits per heavy atom. The maximum atomic E-state index is 12.6. The van der Waals surface area contributed by atoms with E-state index in [0.29, 0.717) is 6.54 Å². The Morgan fingerprint density at radius 2 is 2.05 bits per heavy atom. The van der Waals surface area contributed by atoms with Gasteiger partial charge in [0.05, 0.1) is 6.04 Å². The quantitative estimate of drug-likeness (QED) is 0.929. The minimum atomic E-state index is -0.108. The molecule has 2 N–H and O–H groups in total. The molecule has 0 spiro atoms. The number of likely N-dealkylation sites (tertiary alicyclic amines) is 1. The van der Waals surface area contributed by atoms with Crippen LogP contribution in [0.1, 0.15) is 44.2 Å². The first-order valence-electron chi connectivity index (χ1n) is 7.39. The summed E-state index contributed by atoms with van der Waals surface area (Å²) in [5, 5.41) is 0.732. The Balaban J connectivity index is 2.25. The van der Waals surface area contributed by atoms with Gasteiger partial charge >= 0.3 is 0 Å². The molecule has 20 heavy (non-hydrogen) atoms. The van der Waals surface area contributed by atoms with E-state index < -0.39 is 0 Å². The summed E-state index contributed by atoms with van der Waals surface area (Å²) >= 11 is 5.96. The largest absolute Gasteiger partial charge is 0.335 e. The van der Waals surface area contributed by atoms with Gasteiger partial charge in [-0.05, 0) is 30.5 Å². The first-order valence-corrected chi connectivity index (χ1v) is 7.77. The van der Waals surface area contributed by atoms with E-state index in [1.54, 1.807) is 0 Å². The number of carbonyl (C=O) groups is 1. The molecule has 4 heteroatoms. The summed E-state index contributed by atoms with van der Waals surface area (Å²) in [4.78, 5) is 14.6. The molecule has 0 bridgehead atoms. The molecule has 2 unspecified atom stereocenters. The maximum Gasteiger partial charge on any atom is 0.227 e. The molecule has 0 saturated carbocycles. The lowest BCUT2D eigenvalue weighted by Crippen LogP contribution is -2.40. The SMILES string of the molecule is CC(CN)C(=O)N1CCCCCC1c1ccc(Cl)cc1. The zero-order valence-electron chi connectivity index (χ0n) is 12.0. The van der Waals surface area contributed by atoms with Crippen molar-refractivity contribution in [2.24, 2.45) is 11.7 Å². The average molecular weight is 295 g/mol. The van der Waals surface area contributed by atoms with Gasteiger partial charge in [0.1, 0.15) is 0 Å². The van der Waals surface area contributed by atoms with Crippen LogP contribution in [0.3, 0.4) is 0 Å². The third-order valence-corrected chi connectivity index (χ3v) is 4.32. The van der Waals surface area contributed by atoms with Gasteiger partial charge in [-0.25, -0.2) is 0 Å². The molecule has 1 aliphatic rings. The summed E-state index contributed by atoms with van der Waals surface area (Å²) in [6.45, 7) is 3.14. The van der Waals surface area contributed by atoms with E-state index in [0.717, 1.165) is 30.8 Å². The maximum absolute atomic E-state index is 12.6. The van der Waals surface area contributed by atoms with Crippen LogP contribution in [0.4, 0.5) is 0 Å². The number of amides is 1. The molecule has 0 radical (unpaired) electrons. The van der Waals surface area contributed by atoms with Crippen molar-refractivity contribution in [1.29, 1.82) is 0 Å². The fraction of sp³-hybridized carbons (Fsp3) is 0.562. The van der Waals surface area contributed by atoms with Crippen LogP contribution >= 0.6 is 11.6 Å². The van der Waals surface area contributed by atoms with Crippen LogP contribution in [0, 0.1) is 5.92 Å². The number of nitrogens with two attached hydrogens (primary N) is 1. The Hall–Kier alpha value is -1.06. The Bertz CT molecular complexity index is 446. The van der Waals surface area contributed by atoms with Gasteiger partial charge in [-0.1, -0.05) is 43.5 Å². The van der Waals surface area contributed by atoms with Crippen LogP contribution < -0.4 is 5.73 Å². The number of carbonyl (C=O) groups excluding carboxylic acids is 1. The Morgan fingerprint density at radius 3 is 2.70 bits per heavy atom. The van der Waals surface area contributed by atoms with Crippen LogP contribution in [-0.4, -0.2) is 23.9 Å². The second-order valence-electron chi connectivity index (χ2n) is 5.59. The predicted octanol–water partition coefficient (Wildman–Crippen LogP) is 3.38. The lowest BCUT2D eigenvalue weighted by atomic mass is 9.99. The highest BCUT2D eigenvalue weighted by Crippen LogP contribution is 2.31. The van der Waals surface area contributed by atoms with Crippen molar-refractivity contribution in [2.45, 2.75) is 38.6 Å². The summed E-state index contributed by atoms with van der Waals surface area (Å²) < 4.78 is 0. The molecule has 2 atom stereocenters. The number of benzene rings is 1. The van der Waals surface area contributed by atoms with Crippen LogP contribution in [0.5, 0.6) is 0 Å². The van der Waals surface area contributed by atoms with Crippen LogP contribution in [0.15, 0.2) is 24.3 Å². The second kappa shape index (κ2) is 7.09. The summed E-state index contributed by atoms with van der Waals surface area (Å²) in [6.07, 6.45) is 4.44. The topological polar surface area (TPSA) is 46.3 Å². The molecule has 1 aromatic rings. The molecule has 1 amide bonds. The first-order chi connectivity index (χ1) is 9.63. The average Bonchev–Trinajstić information content (AvgIpc) is 2.72. The van der Waals surface area contributed by atoms with Crippen molar-refractivity contribution >= 4 is 17.5 Å². The molecule has 2 rings (SSSR count). The smallest absolute Gasteiger partial charge is 0.227 e. The Labute approximate surface area is 126 Å². The zero-order valence-corrected chi connectivity index (χ0v) is 12.8. The summed E-state index contributed by atoms with van der Waals surface area (Å²) in [5.41, 5.74) is 6.83. The normalized spacial score (nSPS) is 21.4. The van der Waals surface area contributed by atoms with Gasteiger partial charge in [-0.15, -0.1) is 0 Å². The van der Waals surface area contributed by atoms with Gasteiger partial charge in [0, 0.05) is 24.0 Å². The van der Waals surface area contributed by atoms with Gasteiger partial charge in [0.2, 0.25) is 5.91 Å². The van der Waals surface area contributed by atoms with Gasteiger partial charge in [0.25, 0.3) is 0 Å². The summed E-state index contributed by atoms with van der Waals surface area (Å²) in [5.74, 6) is 0.0669. The second-order valence-corrected chi connectivity index (χ2v) is 6.02. The van der Waals surface area contributed by atoms with Crippen molar-refractivity contribution in [3.8, 4) is 0 Å². The third-order valence-electron chi connectivity index (χ3n) is 4.07. The number of hydrogen-bond acceptors (Lipinski definition) is 2. The van der Waals surface area contributed by atoms with Gasteiger partial charge < -0.3 is 10.6 Å². The van der Waals surface area contributed by atoms with Crippen molar-refractivity contribution in [3.63, 3.8) is 0 Å². The first kappa shape index (κ1) is 15.3. The molecule has 0 aliphatic carbocycles. The highest BCUT2D eigenvalue weighted by molar-refractivity contribution is 6.30. The number of halogens is 1. The van der Waals surface area contributed by atoms with E-state index in [4.69, 9.17) is 17.3 Å². The van der Waals surface area contributed by atoms with Crippen LogP contribution in [0.2, 0.25) is 5.02 Å². The molecule has 1 aromatic carbocycles. The van der Waals surface area contributed by atoms with Gasteiger partial charge in [-0.3, -0.25) is 4.79 Å². The van der Waals surface area contributed by atoms with Crippen molar-refractivity contribution in [1.82, 2.24) is 4.90 Å². The minimum absolute atomic E-state index is 0.108. The summed E-state index contributed by atoms with van der Waals surface area (Å²) in [6, 6.07) is 8.03. The Kier molecular flexibility index (Phi) is 5.44. The molecule has 1 fully saturated rings. The van der Waals surface area contributed by atoms with Gasteiger partial charge in [0.15, 0.2) is 0 Å². The number of hydrogen-bond donors (Lipinski definition) is 1. The zero-order chi connectivity index (χ0) is 14.5. The fourth-order valence-corrected chi connectivity index (χ4v) is 2.91. The minimum Gasteiger partial charge on any atom is -0.335 e. The van der Waals surface area contributed by atoms with E-state index in [1.165, 1.54) is 12.0 Å². The highest BCUT2D eigenvalue weighted by atomic mass is 35.5. The van der Waals surface area contributed by atoms with Crippen LogP contribution in [-0.2, 0) is 4.79 Å². The standard InChI is InChI=1S/C16H23ClN2O/c1-12(11-18)16(20)19-10-4-2-3-5-15(19)13-6-8-14(17)9-7-13/h6-9,12,15H,2-5,10-11,18H2,1H3. The summed E-state index contributed by atoms with van der Waals surface area (Å²) in [7, 11) is 0. The van der Waals surface area contributed by atoms with E-state index in [2.05, 4.69) is 0 Å². The third kappa shape index (κ3) is 3.53. The van der Waals surface area contributed by atoms with E-state index in [-0.39, 0.29) is 17.9 Å². The molecular weight excluding hydrogens is 272 g/mol. The van der Waals surface area contributed by atoms with Crippen molar-refractivity contribution < 1.29 is 4.79 Å². The lowest BCUT2D eigenvalue weighted by molar-refractivity contribution is -0.137. The molecule has 110 valence electrons.